The standard InChI is InChI=1S/C25H26F2N2O4/c1-15(2)29-25(30)22(27)10-16-11-24(32-4)20(13-23(16)31-3)19-8-7-17(12-21(19)26)28-14-18-6-5-9-33-18/h5-13,15,28H,14H2,1-4H3,(H,29,30)/b22-10+. The minimum absolute atomic E-state index is 0.213. The molecule has 0 bridgehead atoms. The molecule has 3 rings (SSSR count). The molecule has 0 aliphatic carbocycles. The largest absolute Gasteiger partial charge is 0.496 e. The van der Waals surface area contributed by atoms with Gasteiger partial charge in [-0.25, -0.2) is 8.78 Å². The summed E-state index contributed by atoms with van der Waals surface area (Å²) in [5, 5.41) is 5.58. The van der Waals surface area contributed by atoms with E-state index in [9.17, 15) is 9.18 Å². The summed E-state index contributed by atoms with van der Waals surface area (Å²) in [6.07, 6.45) is 2.63. The fourth-order valence-corrected chi connectivity index (χ4v) is 3.22. The van der Waals surface area contributed by atoms with Gasteiger partial charge in [0.2, 0.25) is 0 Å². The molecule has 8 heteroatoms. The molecule has 2 aromatic carbocycles. The summed E-state index contributed by atoms with van der Waals surface area (Å²) in [6.45, 7) is 3.88. The van der Waals surface area contributed by atoms with Gasteiger partial charge in [0.15, 0.2) is 5.83 Å². The molecule has 0 unspecified atom stereocenters. The average Bonchev–Trinajstić information content (AvgIpc) is 3.31. The molecule has 0 spiro atoms. The highest BCUT2D eigenvalue weighted by Gasteiger charge is 2.18. The Balaban J connectivity index is 1.92. The van der Waals surface area contributed by atoms with Gasteiger partial charge in [-0.05, 0) is 62.4 Å². The van der Waals surface area contributed by atoms with E-state index in [1.807, 2.05) is 6.07 Å². The fourth-order valence-electron chi connectivity index (χ4n) is 3.22. The lowest BCUT2D eigenvalue weighted by Crippen LogP contribution is -2.30. The lowest BCUT2D eigenvalue weighted by molar-refractivity contribution is -0.119. The fraction of sp³-hybridized carbons (Fsp3) is 0.240. The smallest absolute Gasteiger partial charge is 0.280 e. The highest BCUT2D eigenvalue weighted by Crippen LogP contribution is 2.39. The lowest BCUT2D eigenvalue weighted by atomic mass is 10.00. The second kappa shape index (κ2) is 10.7. The molecule has 0 fully saturated rings. The molecule has 1 heterocycles. The summed E-state index contributed by atoms with van der Waals surface area (Å²) in [5.41, 5.74) is 1.57. The van der Waals surface area contributed by atoms with Crippen LogP contribution in [0.4, 0.5) is 14.5 Å². The van der Waals surface area contributed by atoms with Gasteiger partial charge in [0.1, 0.15) is 23.1 Å². The number of hydrogen-bond donors (Lipinski definition) is 2. The van der Waals surface area contributed by atoms with Gasteiger partial charge in [-0.2, -0.15) is 0 Å². The number of furan rings is 1. The molecule has 3 aromatic rings. The maximum atomic E-state index is 15.0. The molecule has 33 heavy (non-hydrogen) atoms. The minimum Gasteiger partial charge on any atom is -0.496 e. The minimum atomic E-state index is -0.977. The number of hydrogen-bond acceptors (Lipinski definition) is 5. The second-order valence-electron chi connectivity index (χ2n) is 7.54. The Bertz CT molecular complexity index is 1140. The third-order valence-electron chi connectivity index (χ3n) is 4.78. The number of amides is 1. The summed E-state index contributed by atoms with van der Waals surface area (Å²) in [6, 6.07) is 11.1. The van der Waals surface area contributed by atoms with Crippen LogP contribution in [0.2, 0.25) is 0 Å². The molecule has 174 valence electrons. The number of carbonyl (C=O) groups is 1. The van der Waals surface area contributed by atoms with Crippen molar-refractivity contribution in [3.05, 3.63) is 71.7 Å². The van der Waals surface area contributed by atoms with Crippen LogP contribution in [-0.2, 0) is 11.3 Å². The molecule has 1 amide bonds. The molecule has 0 aliphatic heterocycles. The van der Waals surface area contributed by atoms with Crippen LogP contribution in [0, 0.1) is 5.82 Å². The van der Waals surface area contributed by atoms with E-state index in [0.717, 1.165) is 11.8 Å². The molecule has 0 saturated carbocycles. The van der Waals surface area contributed by atoms with E-state index >= 15 is 4.39 Å². The van der Waals surface area contributed by atoms with Crippen LogP contribution in [-0.4, -0.2) is 26.2 Å². The third-order valence-corrected chi connectivity index (χ3v) is 4.78. The topological polar surface area (TPSA) is 72.7 Å². The third kappa shape index (κ3) is 5.91. The van der Waals surface area contributed by atoms with Crippen molar-refractivity contribution in [3.63, 3.8) is 0 Å². The van der Waals surface area contributed by atoms with Crippen molar-refractivity contribution < 1.29 is 27.5 Å². The second-order valence-corrected chi connectivity index (χ2v) is 7.54. The first-order chi connectivity index (χ1) is 15.8. The van der Waals surface area contributed by atoms with Crippen molar-refractivity contribution in [2.45, 2.75) is 26.4 Å². The maximum absolute atomic E-state index is 15.0. The van der Waals surface area contributed by atoms with Crippen LogP contribution in [0.5, 0.6) is 11.5 Å². The summed E-state index contributed by atoms with van der Waals surface area (Å²) < 4.78 is 45.4. The highest BCUT2D eigenvalue weighted by atomic mass is 19.1. The number of benzene rings is 2. The zero-order valence-electron chi connectivity index (χ0n) is 18.9. The van der Waals surface area contributed by atoms with Crippen molar-refractivity contribution in [2.24, 2.45) is 0 Å². The molecule has 0 radical (unpaired) electrons. The number of ether oxygens (including phenoxy) is 2. The normalized spacial score (nSPS) is 11.4. The van der Waals surface area contributed by atoms with E-state index in [0.29, 0.717) is 23.5 Å². The molecule has 0 aliphatic rings. The van der Waals surface area contributed by atoms with Crippen LogP contribution in [0.25, 0.3) is 17.2 Å². The van der Waals surface area contributed by atoms with Crippen LogP contribution >= 0.6 is 0 Å². The van der Waals surface area contributed by atoms with Gasteiger partial charge < -0.3 is 24.5 Å². The first kappa shape index (κ1) is 23.8. The molecular weight excluding hydrogens is 430 g/mol. The summed E-state index contributed by atoms with van der Waals surface area (Å²) in [7, 11) is 2.84. The van der Waals surface area contributed by atoms with Gasteiger partial charge in [-0.15, -0.1) is 0 Å². The highest BCUT2D eigenvalue weighted by molar-refractivity contribution is 5.96. The van der Waals surface area contributed by atoms with Crippen molar-refractivity contribution in [1.29, 1.82) is 0 Å². The number of anilines is 1. The summed E-state index contributed by atoms with van der Waals surface area (Å²) in [4.78, 5) is 11.9. The zero-order chi connectivity index (χ0) is 24.0. The van der Waals surface area contributed by atoms with Crippen LogP contribution in [0.3, 0.4) is 0 Å². The Morgan fingerprint density at radius 1 is 1.09 bits per heavy atom. The van der Waals surface area contributed by atoms with Gasteiger partial charge in [-0.3, -0.25) is 4.79 Å². The summed E-state index contributed by atoms with van der Waals surface area (Å²) >= 11 is 0. The van der Waals surface area contributed by atoms with E-state index < -0.39 is 17.6 Å². The number of carbonyl (C=O) groups excluding carboxylic acids is 1. The average molecular weight is 456 g/mol. The quantitative estimate of drug-likeness (QED) is 0.413. The van der Waals surface area contributed by atoms with Gasteiger partial charge in [-0.1, -0.05) is 0 Å². The van der Waals surface area contributed by atoms with Crippen LogP contribution in [0.15, 0.2) is 59.0 Å². The Labute approximate surface area is 191 Å². The van der Waals surface area contributed by atoms with E-state index in [2.05, 4.69) is 10.6 Å². The van der Waals surface area contributed by atoms with Gasteiger partial charge >= 0.3 is 0 Å². The Kier molecular flexibility index (Phi) is 7.71. The Morgan fingerprint density at radius 2 is 1.85 bits per heavy atom. The first-order valence-corrected chi connectivity index (χ1v) is 10.3. The molecule has 0 atom stereocenters. The number of halogens is 2. The van der Waals surface area contributed by atoms with E-state index in [1.54, 1.807) is 44.4 Å². The van der Waals surface area contributed by atoms with Crippen molar-refractivity contribution in [3.8, 4) is 22.6 Å². The monoisotopic (exact) mass is 456 g/mol. The van der Waals surface area contributed by atoms with Gasteiger partial charge in [0.25, 0.3) is 5.91 Å². The van der Waals surface area contributed by atoms with E-state index in [1.165, 1.54) is 26.4 Å². The zero-order valence-corrected chi connectivity index (χ0v) is 18.9. The Morgan fingerprint density at radius 3 is 2.45 bits per heavy atom. The lowest BCUT2D eigenvalue weighted by Gasteiger charge is -2.15. The number of rotatable bonds is 9. The summed E-state index contributed by atoms with van der Waals surface area (Å²) in [5.74, 6) is -1.00. The predicted octanol–water partition coefficient (Wildman–Crippen LogP) is 5.55. The van der Waals surface area contributed by atoms with Crippen molar-refractivity contribution >= 4 is 17.7 Å². The maximum Gasteiger partial charge on any atom is 0.280 e. The number of nitrogens with one attached hydrogen (secondary N) is 2. The molecular formula is C25H26F2N2O4. The van der Waals surface area contributed by atoms with Crippen molar-refractivity contribution in [2.75, 3.05) is 19.5 Å². The van der Waals surface area contributed by atoms with E-state index in [4.69, 9.17) is 13.9 Å². The van der Waals surface area contributed by atoms with Crippen LogP contribution in [0.1, 0.15) is 25.2 Å². The molecule has 0 saturated heterocycles. The molecule has 2 N–H and O–H groups in total. The van der Waals surface area contributed by atoms with Crippen LogP contribution < -0.4 is 20.1 Å². The SMILES string of the molecule is COc1cc(-c2ccc(NCc3ccco3)cc2F)c(OC)cc1/C=C(/F)C(=O)NC(C)C. The van der Waals surface area contributed by atoms with Gasteiger partial charge in [0, 0.05) is 28.4 Å². The van der Waals surface area contributed by atoms with Crippen molar-refractivity contribution in [1.82, 2.24) is 5.32 Å². The Hall–Kier alpha value is -3.81. The predicted molar refractivity (Wildman–Crippen MR) is 123 cm³/mol. The van der Waals surface area contributed by atoms with E-state index in [-0.39, 0.29) is 22.9 Å². The molecule has 6 nitrogen and oxygen atoms in total. The molecule has 1 aromatic heterocycles. The first-order valence-electron chi connectivity index (χ1n) is 10.3. The number of methoxy groups -OCH3 is 2. The van der Waals surface area contributed by atoms with Gasteiger partial charge in [0.05, 0.1) is 27.0 Å².